The Hall–Kier alpha value is -2.54. The zero-order valence-electron chi connectivity index (χ0n) is 12.1. The molecule has 2 aromatic carbocycles. The highest BCUT2D eigenvalue weighted by atomic mass is 79.9. The lowest BCUT2D eigenvalue weighted by Gasteiger charge is -2.28. The molecule has 1 heterocycles. The number of halogens is 1. The fourth-order valence-corrected chi connectivity index (χ4v) is 2.78. The fraction of sp³-hybridized carbons (Fsp3) is 0.125. The molecule has 0 N–H and O–H groups in total. The number of rotatable bonds is 2. The molecule has 0 fully saturated rings. The molecule has 6 nitrogen and oxygen atoms in total. The molecule has 1 aliphatic heterocycles. The monoisotopic (exact) mass is 373 g/mol. The summed E-state index contributed by atoms with van der Waals surface area (Å²) in [6.45, 7) is 0. The molecule has 7 heteroatoms. The highest BCUT2D eigenvalue weighted by Crippen LogP contribution is 2.30. The Morgan fingerprint density at radius 2 is 1.83 bits per heavy atom. The summed E-state index contributed by atoms with van der Waals surface area (Å²) in [4.78, 5) is 28.9. The van der Waals surface area contributed by atoms with Crippen LogP contribution in [0.15, 0.2) is 58.0 Å². The van der Waals surface area contributed by atoms with E-state index in [9.17, 15) is 14.9 Å². The average Bonchev–Trinajstić information content (AvgIpc) is 2.54. The maximum absolute atomic E-state index is 12.4. The van der Waals surface area contributed by atoms with E-state index < -0.39 is 16.9 Å². The normalized spacial score (nSPS) is 18.9. The van der Waals surface area contributed by atoms with Gasteiger partial charge in [-0.1, -0.05) is 34.1 Å². The van der Waals surface area contributed by atoms with E-state index in [0.29, 0.717) is 16.9 Å². The number of likely N-dealkylation sites (N-methyl/N-ethyl adjacent to an activating group) is 1. The molecule has 0 saturated heterocycles. The number of anilines is 1. The lowest BCUT2D eigenvalue weighted by atomic mass is 9.95. The first-order valence-corrected chi connectivity index (χ1v) is 7.63. The standard InChI is InChI=1S/C16H12BrN3O3/c1-19-13-5-3-2-4-12(13)14(15(16(19)21)20(22)23)18-11-8-6-10(17)7-9-11/h2-9,15H,1H3. The Balaban J connectivity index is 2.21. The molecule has 0 saturated carbocycles. The summed E-state index contributed by atoms with van der Waals surface area (Å²) in [7, 11) is 1.54. The van der Waals surface area contributed by atoms with Gasteiger partial charge in [0.15, 0.2) is 0 Å². The quantitative estimate of drug-likeness (QED) is 0.599. The van der Waals surface area contributed by atoms with Gasteiger partial charge < -0.3 is 4.90 Å². The van der Waals surface area contributed by atoms with Crippen molar-refractivity contribution in [3.8, 4) is 0 Å². The number of para-hydroxylation sites is 1. The van der Waals surface area contributed by atoms with Gasteiger partial charge in [-0.2, -0.15) is 0 Å². The smallest absolute Gasteiger partial charge is 0.308 e. The number of benzene rings is 2. The molecular formula is C16H12BrN3O3. The second-order valence-corrected chi connectivity index (χ2v) is 5.99. The maximum Gasteiger partial charge on any atom is 0.332 e. The number of hydrogen-bond donors (Lipinski definition) is 0. The summed E-state index contributed by atoms with van der Waals surface area (Å²) in [5, 5.41) is 11.4. The van der Waals surface area contributed by atoms with Crippen molar-refractivity contribution in [2.75, 3.05) is 11.9 Å². The molecular weight excluding hydrogens is 362 g/mol. The van der Waals surface area contributed by atoms with Gasteiger partial charge in [-0.05, 0) is 30.3 Å². The summed E-state index contributed by atoms with van der Waals surface area (Å²) in [6, 6.07) is 12.6. The van der Waals surface area contributed by atoms with Crippen molar-refractivity contribution >= 4 is 38.9 Å². The molecule has 1 aliphatic rings. The third kappa shape index (κ3) is 2.75. The van der Waals surface area contributed by atoms with Gasteiger partial charge >= 0.3 is 11.9 Å². The molecule has 1 atom stereocenters. The van der Waals surface area contributed by atoms with Crippen molar-refractivity contribution in [3.05, 3.63) is 68.7 Å². The van der Waals surface area contributed by atoms with Crippen molar-refractivity contribution < 1.29 is 9.72 Å². The minimum absolute atomic E-state index is 0.163. The molecule has 116 valence electrons. The average molecular weight is 374 g/mol. The van der Waals surface area contributed by atoms with Crippen LogP contribution in [0.5, 0.6) is 0 Å². The Kier molecular flexibility index (Phi) is 3.96. The van der Waals surface area contributed by atoms with Gasteiger partial charge in [-0.15, -0.1) is 0 Å². The Labute approximate surface area is 140 Å². The van der Waals surface area contributed by atoms with Gasteiger partial charge in [0.25, 0.3) is 0 Å². The van der Waals surface area contributed by atoms with Crippen LogP contribution in [0.1, 0.15) is 5.56 Å². The first kappa shape index (κ1) is 15.4. The van der Waals surface area contributed by atoms with Crippen LogP contribution in [0.25, 0.3) is 0 Å². The highest BCUT2D eigenvalue weighted by Gasteiger charge is 2.44. The van der Waals surface area contributed by atoms with Crippen molar-refractivity contribution in [1.82, 2.24) is 0 Å². The van der Waals surface area contributed by atoms with E-state index in [1.54, 1.807) is 48.5 Å². The van der Waals surface area contributed by atoms with Crippen LogP contribution in [0.2, 0.25) is 0 Å². The molecule has 1 unspecified atom stereocenters. The molecule has 23 heavy (non-hydrogen) atoms. The number of carbonyl (C=O) groups is 1. The van der Waals surface area contributed by atoms with E-state index in [0.717, 1.165) is 4.47 Å². The summed E-state index contributed by atoms with van der Waals surface area (Å²) >= 11 is 3.33. The maximum atomic E-state index is 12.4. The number of aliphatic imine (C=N–C) groups is 1. The fourth-order valence-electron chi connectivity index (χ4n) is 2.52. The van der Waals surface area contributed by atoms with Crippen LogP contribution in [-0.4, -0.2) is 29.6 Å². The second kappa shape index (κ2) is 5.92. The lowest BCUT2D eigenvalue weighted by Crippen LogP contribution is -2.50. The zero-order chi connectivity index (χ0) is 16.6. The van der Waals surface area contributed by atoms with E-state index in [1.807, 2.05) is 0 Å². The van der Waals surface area contributed by atoms with Crippen molar-refractivity contribution in [1.29, 1.82) is 0 Å². The molecule has 1 amide bonds. The minimum Gasteiger partial charge on any atom is -0.308 e. The number of fused-ring (bicyclic) bond motifs is 1. The molecule has 0 aliphatic carbocycles. The SMILES string of the molecule is CN1C(=O)C([N+](=O)[O-])C(=Nc2ccc(Br)cc2)c2ccccc21. The summed E-state index contributed by atoms with van der Waals surface area (Å²) in [6.07, 6.45) is 0. The molecule has 3 rings (SSSR count). The van der Waals surface area contributed by atoms with E-state index in [4.69, 9.17) is 0 Å². The van der Waals surface area contributed by atoms with Crippen molar-refractivity contribution in [2.24, 2.45) is 4.99 Å². The van der Waals surface area contributed by atoms with Crippen LogP contribution < -0.4 is 4.90 Å². The Morgan fingerprint density at radius 1 is 1.17 bits per heavy atom. The summed E-state index contributed by atoms with van der Waals surface area (Å²) in [5.74, 6) is -0.593. The number of nitro groups is 1. The number of carbonyl (C=O) groups excluding carboxylic acids is 1. The highest BCUT2D eigenvalue weighted by molar-refractivity contribution is 9.10. The summed E-state index contributed by atoms with van der Waals surface area (Å²) < 4.78 is 0.882. The number of amides is 1. The van der Waals surface area contributed by atoms with Crippen molar-refractivity contribution in [2.45, 2.75) is 6.04 Å². The predicted molar refractivity (Wildman–Crippen MR) is 91.0 cm³/mol. The first-order valence-electron chi connectivity index (χ1n) is 6.83. The number of nitrogens with zero attached hydrogens (tertiary/aromatic N) is 3. The van der Waals surface area contributed by atoms with Crippen LogP contribution in [0.3, 0.4) is 0 Å². The third-order valence-corrected chi connectivity index (χ3v) is 4.18. The van der Waals surface area contributed by atoms with E-state index in [-0.39, 0.29) is 5.71 Å². The largest absolute Gasteiger partial charge is 0.332 e. The topological polar surface area (TPSA) is 75.8 Å². The van der Waals surface area contributed by atoms with E-state index >= 15 is 0 Å². The summed E-state index contributed by atoms with van der Waals surface area (Å²) in [5.41, 5.74) is 1.93. The van der Waals surface area contributed by atoms with Gasteiger partial charge in [0, 0.05) is 22.0 Å². The Morgan fingerprint density at radius 3 is 2.48 bits per heavy atom. The molecule has 0 radical (unpaired) electrons. The van der Waals surface area contributed by atoms with Crippen molar-refractivity contribution in [3.63, 3.8) is 0 Å². The van der Waals surface area contributed by atoms with Gasteiger partial charge in [0.2, 0.25) is 0 Å². The Bertz CT molecular complexity index is 818. The van der Waals surface area contributed by atoms with Crippen LogP contribution in [-0.2, 0) is 4.79 Å². The molecule has 0 bridgehead atoms. The first-order chi connectivity index (χ1) is 11.0. The molecule has 0 spiro atoms. The van der Waals surface area contributed by atoms with Gasteiger partial charge in [0.05, 0.1) is 11.4 Å². The second-order valence-electron chi connectivity index (χ2n) is 5.08. The predicted octanol–water partition coefficient (Wildman–Crippen LogP) is 3.19. The minimum atomic E-state index is -1.50. The lowest BCUT2D eigenvalue weighted by molar-refractivity contribution is -0.488. The van der Waals surface area contributed by atoms with Gasteiger partial charge in [-0.3, -0.25) is 14.9 Å². The molecule has 0 aromatic heterocycles. The van der Waals surface area contributed by atoms with Crippen LogP contribution in [0.4, 0.5) is 11.4 Å². The van der Waals surface area contributed by atoms with Gasteiger partial charge in [-0.25, -0.2) is 4.99 Å². The molecule has 2 aromatic rings. The zero-order valence-corrected chi connectivity index (χ0v) is 13.7. The van der Waals surface area contributed by atoms with E-state index in [2.05, 4.69) is 20.9 Å². The van der Waals surface area contributed by atoms with Crippen LogP contribution >= 0.6 is 15.9 Å². The van der Waals surface area contributed by atoms with E-state index in [1.165, 1.54) is 11.9 Å². The third-order valence-electron chi connectivity index (χ3n) is 3.65. The van der Waals surface area contributed by atoms with Crippen LogP contribution in [0, 0.1) is 10.1 Å². The van der Waals surface area contributed by atoms with Gasteiger partial charge in [0.1, 0.15) is 5.71 Å². The number of hydrogen-bond acceptors (Lipinski definition) is 4.